The number of rotatable bonds is 0. The van der Waals surface area contributed by atoms with Crippen molar-refractivity contribution in [1.29, 1.82) is 5.41 Å². The van der Waals surface area contributed by atoms with E-state index in [0.29, 0.717) is 0 Å². The van der Waals surface area contributed by atoms with Crippen LogP contribution in [0.1, 0.15) is 0 Å². The van der Waals surface area contributed by atoms with Crippen LogP contribution in [-0.4, -0.2) is 12.7 Å². The number of nitrogens with two attached hydrogens (primary N) is 3. The SMILES string of the molecule is N=CN.NC=[NH2+].[Y]. The van der Waals surface area contributed by atoms with Crippen molar-refractivity contribution in [3.05, 3.63) is 0 Å². The molecule has 0 bridgehead atoms. The first-order valence-electron chi connectivity index (χ1n) is 1.29. The summed E-state index contributed by atoms with van der Waals surface area (Å²) in [5, 5.41) is 10.4. The first kappa shape index (κ1) is 15.7. The van der Waals surface area contributed by atoms with E-state index in [1.807, 2.05) is 0 Å². The molecule has 39 valence electrons. The maximum absolute atomic E-state index is 5.86. The van der Waals surface area contributed by atoms with Gasteiger partial charge in [0.2, 0.25) is 6.34 Å². The van der Waals surface area contributed by atoms with Gasteiger partial charge in [-0.3, -0.25) is 16.6 Å². The smallest absolute Gasteiger partial charge is 0.225 e. The van der Waals surface area contributed by atoms with Crippen LogP contribution in [0.5, 0.6) is 0 Å². The first-order chi connectivity index (χ1) is 2.83. The van der Waals surface area contributed by atoms with Crippen molar-refractivity contribution >= 4 is 12.7 Å². The molecule has 1 radical (unpaired) electrons. The fourth-order valence-corrected chi connectivity index (χ4v) is 0. The largest absolute Gasteiger partial charge is 0.390 e. The molecule has 0 aliphatic heterocycles. The molecule has 0 saturated heterocycles. The summed E-state index contributed by atoms with van der Waals surface area (Å²) in [5.41, 5.74) is 8.89. The van der Waals surface area contributed by atoms with Gasteiger partial charge in [-0.2, -0.15) is 0 Å². The van der Waals surface area contributed by atoms with Gasteiger partial charge in [-0.25, -0.2) is 0 Å². The van der Waals surface area contributed by atoms with Gasteiger partial charge in [0.15, 0.2) is 0 Å². The Morgan fingerprint density at radius 1 is 1.43 bits per heavy atom. The molecule has 0 fully saturated rings. The Kier molecular flexibility index (Phi) is 82.7. The van der Waals surface area contributed by atoms with Gasteiger partial charge in [0.25, 0.3) is 0 Å². The van der Waals surface area contributed by atoms with Crippen molar-refractivity contribution in [3.8, 4) is 0 Å². The van der Waals surface area contributed by atoms with Crippen LogP contribution in [0.25, 0.3) is 0 Å². The molecule has 5 heteroatoms. The average Bonchev–Trinajstić information content (AvgIpc) is 1.39. The number of nitrogens with one attached hydrogen (secondary N) is 1. The third kappa shape index (κ3) is 51300. The summed E-state index contributed by atoms with van der Waals surface area (Å²) in [4.78, 5) is 0. The van der Waals surface area contributed by atoms with Crippen LogP contribution in [0, 0.1) is 5.41 Å². The Morgan fingerprint density at radius 3 is 1.43 bits per heavy atom. The molecule has 0 aromatic rings. The van der Waals surface area contributed by atoms with Crippen molar-refractivity contribution in [2.75, 3.05) is 0 Å². The van der Waals surface area contributed by atoms with Gasteiger partial charge in [-0.05, 0) is 0 Å². The van der Waals surface area contributed by atoms with Gasteiger partial charge in [0, 0.05) is 32.7 Å². The second kappa shape index (κ2) is 36.8. The van der Waals surface area contributed by atoms with Gasteiger partial charge in [0.1, 0.15) is 0 Å². The molecule has 0 aliphatic carbocycles. The molecule has 0 aromatic carbocycles. The molecular formula is C2H9N4Y+. The zero-order valence-electron chi connectivity index (χ0n) is 3.96. The summed E-state index contributed by atoms with van der Waals surface area (Å²) in [6.07, 6.45) is 1.75. The van der Waals surface area contributed by atoms with E-state index >= 15 is 0 Å². The van der Waals surface area contributed by atoms with Crippen LogP contribution in [-0.2, 0) is 32.7 Å². The molecule has 0 aromatic heterocycles. The Morgan fingerprint density at radius 2 is 1.43 bits per heavy atom. The zero-order chi connectivity index (χ0) is 5.41. The Balaban J connectivity index is -0.0000000400. The fraction of sp³-hybridized carbons (Fsp3) is 0. The molecule has 0 rings (SSSR count). The molecule has 0 aliphatic rings. The van der Waals surface area contributed by atoms with Gasteiger partial charge in [-0.1, -0.05) is 0 Å². The summed E-state index contributed by atoms with van der Waals surface area (Å²) in [7, 11) is 0. The molecule has 0 atom stereocenters. The van der Waals surface area contributed by atoms with E-state index in [0.717, 1.165) is 12.7 Å². The Labute approximate surface area is 67.5 Å². The predicted molar refractivity (Wildman–Crippen MR) is 25.1 cm³/mol. The van der Waals surface area contributed by atoms with E-state index < -0.39 is 0 Å². The molecule has 0 saturated carbocycles. The quantitative estimate of drug-likeness (QED) is 0.239. The summed E-state index contributed by atoms with van der Waals surface area (Å²) < 4.78 is 0. The third-order valence-corrected chi connectivity index (χ3v) is 0. The number of hydrogen-bond acceptors (Lipinski definition) is 1. The van der Waals surface area contributed by atoms with Crippen LogP contribution in [0.2, 0.25) is 0 Å². The minimum absolute atomic E-state index is 0. The van der Waals surface area contributed by atoms with Crippen LogP contribution >= 0.6 is 0 Å². The summed E-state index contributed by atoms with van der Waals surface area (Å²) in [5.74, 6) is 0. The topological polar surface area (TPSA) is 101 Å². The van der Waals surface area contributed by atoms with E-state index in [-0.39, 0.29) is 32.7 Å². The molecule has 0 unspecified atom stereocenters. The van der Waals surface area contributed by atoms with Crippen LogP contribution in [0.3, 0.4) is 0 Å². The number of hydrogen-bond donors (Lipinski definition) is 4. The van der Waals surface area contributed by atoms with E-state index in [2.05, 4.69) is 16.9 Å². The van der Waals surface area contributed by atoms with Gasteiger partial charge >= 0.3 is 0 Å². The van der Waals surface area contributed by atoms with Crippen molar-refractivity contribution in [1.82, 2.24) is 0 Å². The van der Waals surface area contributed by atoms with E-state index in [4.69, 9.17) is 5.41 Å². The van der Waals surface area contributed by atoms with Crippen LogP contribution in [0.4, 0.5) is 0 Å². The first-order valence-corrected chi connectivity index (χ1v) is 1.29. The van der Waals surface area contributed by atoms with Crippen molar-refractivity contribution in [2.24, 2.45) is 11.5 Å². The molecule has 0 heterocycles. The second-order valence-corrected chi connectivity index (χ2v) is 0.359. The Bertz CT molecular complexity index is 30.7. The maximum Gasteiger partial charge on any atom is 0.225 e. The molecule has 0 spiro atoms. The zero-order valence-corrected chi connectivity index (χ0v) is 6.80. The molecule has 7 heavy (non-hydrogen) atoms. The summed E-state index contributed by atoms with van der Waals surface area (Å²) in [6.45, 7) is 0. The molecule has 0 amide bonds. The van der Waals surface area contributed by atoms with E-state index in [1.54, 1.807) is 0 Å². The van der Waals surface area contributed by atoms with Crippen molar-refractivity contribution < 1.29 is 38.1 Å². The average molecular weight is 178 g/mol. The minimum Gasteiger partial charge on any atom is -0.390 e. The monoisotopic (exact) mass is 178 g/mol. The van der Waals surface area contributed by atoms with Crippen molar-refractivity contribution in [2.45, 2.75) is 0 Å². The van der Waals surface area contributed by atoms with Gasteiger partial charge in [-0.15, -0.1) is 0 Å². The third-order valence-electron chi connectivity index (χ3n) is 0. The maximum atomic E-state index is 5.86. The van der Waals surface area contributed by atoms with E-state index in [9.17, 15) is 0 Å². The van der Waals surface area contributed by atoms with Gasteiger partial charge in [0.05, 0.1) is 6.34 Å². The minimum atomic E-state index is 0. The second-order valence-electron chi connectivity index (χ2n) is 0.359. The van der Waals surface area contributed by atoms with Gasteiger partial charge < -0.3 is 5.73 Å². The molecular weight excluding hydrogens is 169 g/mol. The summed E-state index contributed by atoms with van der Waals surface area (Å²) >= 11 is 0. The van der Waals surface area contributed by atoms with Crippen LogP contribution < -0.4 is 16.9 Å². The Hall–Kier alpha value is 0.0439. The fourth-order valence-electron chi connectivity index (χ4n) is 0. The summed E-state index contributed by atoms with van der Waals surface area (Å²) in [6, 6.07) is 0. The van der Waals surface area contributed by atoms with E-state index in [1.165, 1.54) is 0 Å². The normalized spacial score (nSPS) is 3.43. The predicted octanol–water partition coefficient (Wildman–Crippen LogP) is -2.72. The van der Waals surface area contributed by atoms with Crippen LogP contribution in [0.15, 0.2) is 0 Å². The van der Waals surface area contributed by atoms with Crippen molar-refractivity contribution in [3.63, 3.8) is 0 Å². The standard InChI is InChI=1S/2CH4N2.Y/c2*2-1-3;/h2*1H,(H3,2,3);/p+1. The molecule has 7 N–H and O–H groups in total. The molecule has 4 nitrogen and oxygen atoms in total.